The Morgan fingerprint density at radius 3 is 2.86 bits per heavy atom. The number of benzene rings is 1. The predicted octanol–water partition coefficient (Wildman–Crippen LogP) is 1.49. The van der Waals surface area contributed by atoms with Crippen LogP contribution in [0.1, 0.15) is 25.0 Å². The first-order chi connectivity index (χ1) is 10.5. The lowest BCUT2D eigenvalue weighted by Gasteiger charge is -2.11. The summed E-state index contributed by atoms with van der Waals surface area (Å²) in [6, 6.07) is 7.76. The zero-order chi connectivity index (χ0) is 15.7. The van der Waals surface area contributed by atoms with Crippen molar-refractivity contribution < 1.29 is 14.7 Å². The minimum absolute atomic E-state index is 0.0384. The molecule has 116 valence electrons. The number of carbonyl (C=O) groups excluding carboxylic acids is 1. The van der Waals surface area contributed by atoms with Crippen molar-refractivity contribution in [3.63, 3.8) is 0 Å². The van der Waals surface area contributed by atoms with Gasteiger partial charge in [0.1, 0.15) is 0 Å². The summed E-state index contributed by atoms with van der Waals surface area (Å²) >= 11 is 0. The van der Waals surface area contributed by atoms with Crippen LogP contribution in [0.3, 0.4) is 0 Å². The topological polar surface area (TPSA) is 84.2 Å². The highest BCUT2D eigenvalue weighted by atomic mass is 16.4. The molecule has 0 spiro atoms. The Balaban J connectivity index is 1.66. The molecular formula is C16H19N3O3. The molecule has 6 heteroatoms. The molecule has 0 saturated heterocycles. The van der Waals surface area contributed by atoms with Gasteiger partial charge in [-0.1, -0.05) is 18.2 Å². The summed E-state index contributed by atoms with van der Waals surface area (Å²) in [6.45, 7) is 0. The summed E-state index contributed by atoms with van der Waals surface area (Å²) in [6.07, 6.45) is 2.10. The third-order valence-corrected chi connectivity index (χ3v) is 4.31. The number of rotatable bonds is 4. The number of carboxylic acids is 1. The van der Waals surface area contributed by atoms with Gasteiger partial charge in [0.25, 0.3) is 0 Å². The number of aryl methyl sites for hydroxylation is 1. The van der Waals surface area contributed by atoms with Crippen molar-refractivity contribution >= 4 is 22.8 Å². The van der Waals surface area contributed by atoms with Gasteiger partial charge >= 0.3 is 5.97 Å². The van der Waals surface area contributed by atoms with Crippen LogP contribution in [0, 0.1) is 5.92 Å². The van der Waals surface area contributed by atoms with E-state index in [1.54, 1.807) is 4.68 Å². The average molecular weight is 301 g/mol. The Kier molecular flexibility index (Phi) is 3.83. The minimum Gasteiger partial charge on any atom is -0.481 e. The summed E-state index contributed by atoms with van der Waals surface area (Å²) < 4.78 is 1.77. The molecule has 2 aromatic rings. The van der Waals surface area contributed by atoms with Crippen LogP contribution >= 0.6 is 0 Å². The number of fused-ring (bicyclic) bond motifs is 1. The second-order valence-electron chi connectivity index (χ2n) is 5.88. The van der Waals surface area contributed by atoms with Gasteiger partial charge in [0, 0.05) is 18.5 Å². The normalized spacial score (nSPS) is 21.1. The molecule has 0 aliphatic heterocycles. The molecule has 3 rings (SSSR count). The third kappa shape index (κ3) is 2.81. The third-order valence-electron chi connectivity index (χ3n) is 4.31. The number of amides is 1. The second-order valence-corrected chi connectivity index (χ2v) is 5.88. The Morgan fingerprint density at radius 1 is 1.36 bits per heavy atom. The van der Waals surface area contributed by atoms with Crippen LogP contribution in [-0.4, -0.2) is 32.8 Å². The van der Waals surface area contributed by atoms with Crippen LogP contribution in [0.2, 0.25) is 0 Å². The van der Waals surface area contributed by atoms with E-state index in [-0.39, 0.29) is 24.3 Å². The van der Waals surface area contributed by atoms with E-state index in [2.05, 4.69) is 10.4 Å². The Morgan fingerprint density at radius 2 is 2.14 bits per heavy atom. The number of carboxylic acid groups (broad SMARTS) is 1. The van der Waals surface area contributed by atoms with Crippen molar-refractivity contribution in [2.45, 2.75) is 31.7 Å². The number of nitrogens with one attached hydrogen (secondary N) is 1. The summed E-state index contributed by atoms with van der Waals surface area (Å²) in [5.41, 5.74) is 1.75. The van der Waals surface area contributed by atoms with Crippen LogP contribution in [0.25, 0.3) is 10.9 Å². The summed E-state index contributed by atoms with van der Waals surface area (Å²) in [4.78, 5) is 23.1. The minimum atomic E-state index is -0.771. The fraction of sp³-hybridized carbons (Fsp3) is 0.438. The molecule has 0 bridgehead atoms. The Hall–Kier alpha value is -2.37. The second kappa shape index (κ2) is 5.79. The predicted molar refractivity (Wildman–Crippen MR) is 81.3 cm³/mol. The molecule has 1 fully saturated rings. The molecule has 1 saturated carbocycles. The zero-order valence-electron chi connectivity index (χ0n) is 12.5. The Bertz CT molecular complexity index is 722. The standard InChI is InChI=1S/C16H19N3O3/c1-19-14-5-3-2-4-12(14)13(18-19)9-15(20)17-11-7-6-10(8-11)16(21)22/h2-5,10-11H,6-9H2,1H3,(H,17,20)(H,21,22)/t10-,11+/m0/s1. The van der Waals surface area contributed by atoms with Gasteiger partial charge < -0.3 is 10.4 Å². The van der Waals surface area contributed by atoms with Gasteiger partial charge in [-0.25, -0.2) is 0 Å². The van der Waals surface area contributed by atoms with Gasteiger partial charge in [-0.05, 0) is 25.3 Å². The lowest BCUT2D eigenvalue weighted by molar-refractivity contribution is -0.141. The van der Waals surface area contributed by atoms with Gasteiger partial charge in [0.05, 0.1) is 23.5 Å². The molecule has 0 unspecified atom stereocenters. The fourth-order valence-corrected chi connectivity index (χ4v) is 3.19. The molecule has 22 heavy (non-hydrogen) atoms. The molecule has 2 N–H and O–H groups in total. The van der Waals surface area contributed by atoms with Gasteiger partial charge in [-0.2, -0.15) is 5.10 Å². The van der Waals surface area contributed by atoms with Crippen LogP contribution in [0.4, 0.5) is 0 Å². The maximum absolute atomic E-state index is 12.2. The van der Waals surface area contributed by atoms with Crippen molar-refractivity contribution in [2.24, 2.45) is 13.0 Å². The SMILES string of the molecule is Cn1nc(CC(=O)N[C@@H]2CC[C@H](C(=O)O)C2)c2ccccc21. The highest BCUT2D eigenvalue weighted by Gasteiger charge is 2.30. The number of nitrogens with zero attached hydrogens (tertiary/aromatic N) is 2. The van der Waals surface area contributed by atoms with E-state index in [0.29, 0.717) is 12.8 Å². The number of para-hydroxylation sites is 1. The molecule has 1 amide bonds. The molecule has 0 radical (unpaired) electrons. The summed E-state index contributed by atoms with van der Waals surface area (Å²) in [5, 5.41) is 17.3. The maximum Gasteiger partial charge on any atom is 0.306 e. The van der Waals surface area contributed by atoms with E-state index in [1.807, 2.05) is 31.3 Å². The smallest absolute Gasteiger partial charge is 0.306 e. The molecule has 6 nitrogen and oxygen atoms in total. The molecule has 1 aliphatic rings. The first kappa shape index (κ1) is 14.6. The molecule has 1 aromatic carbocycles. The first-order valence-electron chi connectivity index (χ1n) is 7.47. The van der Waals surface area contributed by atoms with Crippen molar-refractivity contribution in [1.29, 1.82) is 0 Å². The highest BCUT2D eigenvalue weighted by Crippen LogP contribution is 2.26. The van der Waals surface area contributed by atoms with E-state index in [0.717, 1.165) is 23.0 Å². The molecule has 1 aliphatic carbocycles. The number of carbonyl (C=O) groups is 2. The number of hydrogen-bond donors (Lipinski definition) is 2. The summed E-state index contributed by atoms with van der Waals surface area (Å²) in [7, 11) is 1.86. The van der Waals surface area contributed by atoms with Crippen LogP contribution in [-0.2, 0) is 23.1 Å². The van der Waals surface area contributed by atoms with Crippen LogP contribution in [0.5, 0.6) is 0 Å². The van der Waals surface area contributed by atoms with Crippen LogP contribution < -0.4 is 5.32 Å². The molecule has 1 aromatic heterocycles. The summed E-state index contributed by atoms with van der Waals surface area (Å²) in [5.74, 6) is -1.20. The van der Waals surface area contributed by atoms with Gasteiger partial charge in [-0.15, -0.1) is 0 Å². The van der Waals surface area contributed by atoms with E-state index in [4.69, 9.17) is 5.11 Å². The molecule has 1 heterocycles. The Labute approximate surface area is 128 Å². The quantitative estimate of drug-likeness (QED) is 0.896. The zero-order valence-corrected chi connectivity index (χ0v) is 12.5. The molecule has 2 atom stereocenters. The number of aromatic nitrogens is 2. The van der Waals surface area contributed by atoms with Crippen molar-refractivity contribution in [3.05, 3.63) is 30.0 Å². The van der Waals surface area contributed by atoms with Gasteiger partial charge in [0.2, 0.25) is 5.91 Å². The largest absolute Gasteiger partial charge is 0.481 e. The number of hydrogen-bond acceptors (Lipinski definition) is 3. The van der Waals surface area contributed by atoms with E-state index >= 15 is 0 Å². The number of aliphatic carboxylic acids is 1. The lowest BCUT2D eigenvalue weighted by atomic mass is 10.1. The maximum atomic E-state index is 12.2. The first-order valence-corrected chi connectivity index (χ1v) is 7.47. The lowest BCUT2D eigenvalue weighted by Crippen LogP contribution is -2.34. The average Bonchev–Trinajstić information content (AvgIpc) is 3.06. The van der Waals surface area contributed by atoms with Crippen LogP contribution in [0.15, 0.2) is 24.3 Å². The van der Waals surface area contributed by atoms with Crippen molar-refractivity contribution in [1.82, 2.24) is 15.1 Å². The van der Waals surface area contributed by atoms with Crippen molar-refractivity contribution in [2.75, 3.05) is 0 Å². The van der Waals surface area contributed by atoms with E-state index in [1.165, 1.54) is 0 Å². The van der Waals surface area contributed by atoms with E-state index < -0.39 is 5.97 Å². The van der Waals surface area contributed by atoms with Crippen molar-refractivity contribution in [3.8, 4) is 0 Å². The van der Waals surface area contributed by atoms with E-state index in [9.17, 15) is 9.59 Å². The fourth-order valence-electron chi connectivity index (χ4n) is 3.19. The highest BCUT2D eigenvalue weighted by molar-refractivity contribution is 5.87. The van der Waals surface area contributed by atoms with Gasteiger partial charge in [0.15, 0.2) is 0 Å². The monoisotopic (exact) mass is 301 g/mol. The molecular weight excluding hydrogens is 282 g/mol. The van der Waals surface area contributed by atoms with Gasteiger partial charge in [-0.3, -0.25) is 14.3 Å².